The molecule has 8 rings (SSSR count). The van der Waals surface area contributed by atoms with Gasteiger partial charge in [-0.3, -0.25) is 0 Å². The predicted octanol–water partition coefficient (Wildman–Crippen LogP) is 7.09. The van der Waals surface area contributed by atoms with E-state index in [9.17, 15) is 36.6 Å². The van der Waals surface area contributed by atoms with Crippen LogP contribution >= 0.6 is 0 Å². The van der Waals surface area contributed by atoms with Crippen LogP contribution in [-0.2, 0) is 36.3 Å². The van der Waals surface area contributed by atoms with Crippen molar-refractivity contribution in [2.45, 2.75) is 116 Å². The lowest BCUT2D eigenvalue weighted by atomic mass is 9.95. The molecular formula is C42H50F6N12O2. The van der Waals surface area contributed by atoms with E-state index in [0.29, 0.717) is 84.6 Å². The van der Waals surface area contributed by atoms with Gasteiger partial charge in [0.15, 0.2) is 22.7 Å². The molecule has 332 valence electrons. The molecule has 62 heavy (non-hydrogen) atoms. The van der Waals surface area contributed by atoms with Gasteiger partial charge in [-0.15, -0.1) is 20.4 Å². The molecule has 0 spiro atoms. The highest BCUT2D eigenvalue weighted by molar-refractivity contribution is 5.83. The van der Waals surface area contributed by atoms with Crippen molar-refractivity contribution in [1.82, 2.24) is 49.9 Å². The average molecular weight is 869 g/mol. The van der Waals surface area contributed by atoms with E-state index < -0.39 is 34.7 Å². The van der Waals surface area contributed by atoms with Crippen LogP contribution in [0.1, 0.15) is 102 Å². The Balaban J connectivity index is 0.000000186. The predicted molar refractivity (Wildman–Crippen MR) is 220 cm³/mol. The SMILES string of the molecule is CC(C)(C)c1nc(N2CC[C@@](C)(O)C2)c2nn(Cc3ccccc3C(F)(F)F)nc2n1.CC(C)(C)c1nc(N2CC[C@](C)(O)C2)c2nn(Cc3ccccc3C(F)(F)F)nc2n1. The van der Waals surface area contributed by atoms with E-state index in [4.69, 9.17) is 9.97 Å². The largest absolute Gasteiger partial charge is 0.416 e. The van der Waals surface area contributed by atoms with Crippen LogP contribution in [0.5, 0.6) is 0 Å². The summed E-state index contributed by atoms with van der Waals surface area (Å²) in [4.78, 5) is 24.8. The maximum Gasteiger partial charge on any atom is 0.416 e. The summed E-state index contributed by atoms with van der Waals surface area (Å²) in [6, 6.07) is 10.8. The number of benzene rings is 2. The van der Waals surface area contributed by atoms with Crippen molar-refractivity contribution >= 4 is 34.0 Å². The smallest absolute Gasteiger partial charge is 0.388 e. The van der Waals surface area contributed by atoms with Crippen molar-refractivity contribution in [3.05, 3.63) is 82.4 Å². The third-order valence-corrected chi connectivity index (χ3v) is 10.7. The maximum atomic E-state index is 13.4. The van der Waals surface area contributed by atoms with Crippen LogP contribution < -0.4 is 9.80 Å². The summed E-state index contributed by atoms with van der Waals surface area (Å²) in [5.41, 5.74) is -2.23. The van der Waals surface area contributed by atoms with Crippen molar-refractivity contribution in [1.29, 1.82) is 0 Å². The van der Waals surface area contributed by atoms with Crippen molar-refractivity contribution in [3.63, 3.8) is 0 Å². The van der Waals surface area contributed by atoms with Crippen LogP contribution in [0.4, 0.5) is 38.0 Å². The zero-order chi connectivity index (χ0) is 45.2. The summed E-state index contributed by atoms with van der Waals surface area (Å²) >= 11 is 0. The van der Waals surface area contributed by atoms with Gasteiger partial charge < -0.3 is 20.0 Å². The highest BCUT2D eigenvalue weighted by Gasteiger charge is 2.38. The first-order chi connectivity index (χ1) is 28.7. The number of rotatable bonds is 6. The number of anilines is 2. The molecule has 0 aliphatic carbocycles. The van der Waals surface area contributed by atoms with E-state index in [0.717, 1.165) is 12.1 Å². The molecule has 0 bridgehead atoms. The Labute approximate surface area is 354 Å². The molecule has 0 amide bonds. The van der Waals surface area contributed by atoms with Gasteiger partial charge >= 0.3 is 12.4 Å². The number of nitrogens with zero attached hydrogens (tertiary/aromatic N) is 12. The average Bonchev–Trinajstić information content (AvgIpc) is 3.94. The molecule has 4 aromatic heterocycles. The number of aliphatic hydroxyl groups is 2. The minimum Gasteiger partial charge on any atom is -0.388 e. The quantitative estimate of drug-likeness (QED) is 0.164. The number of fused-ring (bicyclic) bond motifs is 2. The summed E-state index contributed by atoms with van der Waals surface area (Å²) in [5.74, 6) is 2.21. The first kappa shape index (κ1) is 44.6. The molecule has 2 aliphatic heterocycles. The van der Waals surface area contributed by atoms with Crippen LogP contribution in [0.2, 0.25) is 0 Å². The maximum absolute atomic E-state index is 13.4. The van der Waals surface area contributed by atoms with Crippen LogP contribution in [0.3, 0.4) is 0 Å². The standard InChI is InChI=1S/2C21H25F3N6O/c2*1-19(2,3)18-25-16-15(17(26-18)29-10-9-20(4,31)12-29)27-30(28-16)11-13-7-5-6-8-14(13)21(22,23)24/h2*5-8,31H,9-12H2,1-4H3/t2*20-/m10/s1. The molecule has 6 heterocycles. The lowest BCUT2D eigenvalue weighted by Crippen LogP contribution is -2.31. The van der Waals surface area contributed by atoms with Gasteiger partial charge in [-0.1, -0.05) is 77.9 Å². The molecule has 2 aromatic carbocycles. The molecule has 2 atom stereocenters. The fourth-order valence-corrected chi connectivity index (χ4v) is 7.35. The lowest BCUT2D eigenvalue weighted by Gasteiger charge is -2.22. The van der Waals surface area contributed by atoms with Crippen LogP contribution in [-0.4, -0.2) is 97.5 Å². The number of halogens is 6. The molecule has 2 N–H and O–H groups in total. The third kappa shape index (κ3) is 9.75. The van der Waals surface area contributed by atoms with Crippen LogP contribution in [0, 0.1) is 0 Å². The van der Waals surface area contributed by atoms with E-state index in [2.05, 4.69) is 30.4 Å². The van der Waals surface area contributed by atoms with Gasteiger partial charge in [0, 0.05) is 37.0 Å². The molecule has 20 heteroatoms. The number of β-amino-alcohol motifs (C(OH)–C–C–N with tert-alkyl or cyclic N) is 2. The summed E-state index contributed by atoms with van der Waals surface area (Å²) in [6.07, 6.45) is -7.77. The second kappa shape index (κ2) is 15.7. The minimum atomic E-state index is -4.46. The van der Waals surface area contributed by atoms with Gasteiger partial charge in [0.05, 0.1) is 35.4 Å². The Morgan fingerprint density at radius 3 is 1.21 bits per heavy atom. The second-order valence-electron chi connectivity index (χ2n) is 18.7. The van der Waals surface area contributed by atoms with E-state index in [1.807, 2.05) is 51.3 Å². The zero-order valence-electron chi connectivity index (χ0n) is 35.8. The Morgan fingerprint density at radius 2 is 0.903 bits per heavy atom. The molecule has 2 fully saturated rings. The minimum absolute atomic E-state index is 0.0740. The van der Waals surface area contributed by atoms with Gasteiger partial charge in [-0.25, -0.2) is 19.9 Å². The van der Waals surface area contributed by atoms with Gasteiger partial charge in [-0.05, 0) is 49.9 Å². The van der Waals surface area contributed by atoms with Gasteiger partial charge in [-0.2, -0.15) is 35.9 Å². The summed E-state index contributed by atoms with van der Waals surface area (Å²) < 4.78 is 80.3. The van der Waals surface area contributed by atoms with E-state index in [-0.39, 0.29) is 35.0 Å². The van der Waals surface area contributed by atoms with E-state index >= 15 is 0 Å². The first-order valence-electron chi connectivity index (χ1n) is 20.2. The van der Waals surface area contributed by atoms with E-state index in [1.165, 1.54) is 33.9 Å². The summed E-state index contributed by atoms with van der Waals surface area (Å²) in [5, 5.41) is 38.4. The highest BCUT2D eigenvalue weighted by Crippen LogP contribution is 2.36. The van der Waals surface area contributed by atoms with Crippen molar-refractivity contribution in [3.8, 4) is 0 Å². The molecule has 14 nitrogen and oxygen atoms in total. The molecule has 2 saturated heterocycles. The zero-order valence-corrected chi connectivity index (χ0v) is 35.8. The van der Waals surface area contributed by atoms with Crippen LogP contribution in [0.25, 0.3) is 22.3 Å². The number of hydrogen-bond acceptors (Lipinski definition) is 12. The fourth-order valence-electron chi connectivity index (χ4n) is 7.35. The molecule has 2 aliphatic rings. The molecule has 6 aromatic rings. The third-order valence-electron chi connectivity index (χ3n) is 10.7. The van der Waals surface area contributed by atoms with Crippen molar-refractivity contribution in [2.24, 2.45) is 0 Å². The highest BCUT2D eigenvalue weighted by atomic mass is 19.4. The molecule has 0 radical (unpaired) electrons. The molecule has 0 unspecified atom stereocenters. The Hall–Kier alpha value is -5.50. The van der Waals surface area contributed by atoms with Gasteiger partial charge in [0.1, 0.15) is 11.6 Å². The van der Waals surface area contributed by atoms with E-state index in [1.54, 1.807) is 26.0 Å². The Morgan fingerprint density at radius 1 is 0.548 bits per heavy atom. The fraction of sp³-hybridized carbons (Fsp3) is 0.524. The number of hydrogen-bond donors (Lipinski definition) is 2. The summed E-state index contributed by atoms with van der Waals surface area (Å²) in [6.45, 7) is 17.0. The first-order valence-corrected chi connectivity index (χ1v) is 20.2. The Kier molecular flexibility index (Phi) is 11.3. The van der Waals surface area contributed by atoms with Gasteiger partial charge in [0.25, 0.3) is 0 Å². The molecular weight excluding hydrogens is 819 g/mol. The number of aromatic nitrogens is 10. The van der Waals surface area contributed by atoms with Gasteiger partial charge in [0.2, 0.25) is 11.3 Å². The second-order valence-corrected chi connectivity index (χ2v) is 18.7. The summed E-state index contributed by atoms with van der Waals surface area (Å²) in [7, 11) is 0. The lowest BCUT2D eigenvalue weighted by molar-refractivity contribution is -0.139. The normalized spacial score (nSPS) is 20.1. The monoisotopic (exact) mass is 868 g/mol. The molecule has 0 saturated carbocycles. The Bertz CT molecular complexity index is 2410. The van der Waals surface area contributed by atoms with Crippen molar-refractivity contribution in [2.75, 3.05) is 36.0 Å². The number of alkyl halides is 6. The van der Waals surface area contributed by atoms with Crippen LogP contribution in [0.15, 0.2) is 48.5 Å². The topological polar surface area (TPSA) is 160 Å². The van der Waals surface area contributed by atoms with Crippen molar-refractivity contribution < 1.29 is 36.6 Å².